The van der Waals surface area contributed by atoms with E-state index in [2.05, 4.69) is 15.6 Å². The van der Waals surface area contributed by atoms with E-state index in [0.29, 0.717) is 70.8 Å². The summed E-state index contributed by atoms with van der Waals surface area (Å²) in [5.74, 6) is -1.69. The van der Waals surface area contributed by atoms with E-state index in [-0.39, 0.29) is 41.7 Å². The molecule has 4 aromatic rings. The summed E-state index contributed by atoms with van der Waals surface area (Å²) in [6.07, 6.45) is 4.22. The predicted octanol–water partition coefficient (Wildman–Crippen LogP) is 6.58. The number of likely N-dealkylation sites (tertiary alicyclic amines) is 1. The number of ether oxygens (including phenoxy) is 2. The lowest BCUT2D eigenvalue weighted by Crippen LogP contribution is -2.59. The molecule has 1 aliphatic carbocycles. The molecule has 17 heteroatoms. The predicted molar refractivity (Wildman–Crippen MR) is 212 cm³/mol. The van der Waals surface area contributed by atoms with Gasteiger partial charge in [0.1, 0.15) is 29.6 Å². The van der Waals surface area contributed by atoms with E-state index >= 15 is 4.39 Å². The number of hydrogen-bond donors (Lipinski definition) is 2. The maximum Gasteiger partial charge on any atom is 0.355 e. The number of hydrogen-bond acceptors (Lipinski definition) is 11. The first-order valence-electron chi connectivity index (χ1n) is 19.8. The van der Waals surface area contributed by atoms with E-state index in [4.69, 9.17) is 18.5 Å². The molecule has 4 aliphatic rings. The van der Waals surface area contributed by atoms with Crippen LogP contribution in [-0.4, -0.2) is 89.6 Å². The third-order valence-corrected chi connectivity index (χ3v) is 14.9. The van der Waals surface area contributed by atoms with Gasteiger partial charge < -0.3 is 33.6 Å². The van der Waals surface area contributed by atoms with Crippen molar-refractivity contribution in [2.24, 2.45) is 11.8 Å². The Kier molecular flexibility index (Phi) is 11.4. The number of halogens is 1. The number of methoxy groups -OCH3 is 1. The summed E-state index contributed by atoms with van der Waals surface area (Å²) < 4.78 is 52.9. The van der Waals surface area contributed by atoms with Crippen LogP contribution in [0.4, 0.5) is 4.39 Å². The van der Waals surface area contributed by atoms with Crippen LogP contribution < -0.4 is 19.7 Å². The number of nitrogens with one attached hydrogen (secondary N) is 2. The van der Waals surface area contributed by atoms with Gasteiger partial charge >= 0.3 is 13.5 Å². The minimum atomic E-state index is -4.45. The number of para-hydroxylation sites is 1. The molecule has 14 nitrogen and oxygen atoms in total. The standard InChI is InChI=1S/C41H47FN5O9PS/c1-4-14-54-41(51)23(2)45-57(52,56-30-8-6-5-7-9-30)37(42)24-10-13-34-27(15-24)19-35(58-34)38(48)43-31-18-26-16-25(26)17-29-11-12-32(47(29)39(31)49)40(50)46-21-28(22-46)33-20-36(53-3)44-55-33/h5-10,13,15,19-20,23,25-26,28-29,31-32,37H,4,11-12,14,16-18,21-22H2,1-3H3,(H,43,48)(H,45,52)/t23-,25+,26-,29+,31-,32-,37?,57?/m0/s1. The van der Waals surface area contributed by atoms with Gasteiger partial charge in [0.15, 0.2) is 0 Å². The number of thiophene rings is 1. The lowest BCUT2D eigenvalue weighted by molar-refractivity contribution is -0.150. The molecule has 0 spiro atoms. The van der Waals surface area contributed by atoms with Crippen molar-refractivity contribution in [1.29, 1.82) is 0 Å². The average Bonchev–Trinajstić information content (AvgIpc) is 3.55. The SMILES string of the molecule is CCCOC(=O)[C@H](C)NP(=O)(Oc1ccccc1)C(F)c1ccc2sc(C(=O)N[C@H]3C[C@@H]4C[C@@H]4C[C@H]4CC[C@@H](C(=O)N5CC(c6cc(OC)no6)C5)N4C3=O)cc2c1. The molecule has 2 aromatic carbocycles. The Bertz CT molecular complexity index is 2230. The number of benzene rings is 2. The van der Waals surface area contributed by atoms with Crippen LogP contribution in [0.2, 0.25) is 0 Å². The van der Waals surface area contributed by atoms with Crippen molar-refractivity contribution < 1.29 is 46.7 Å². The minimum absolute atomic E-state index is 0.00150. The first-order chi connectivity index (χ1) is 27.9. The van der Waals surface area contributed by atoms with Crippen molar-refractivity contribution in [2.75, 3.05) is 26.8 Å². The molecule has 58 heavy (non-hydrogen) atoms. The largest absolute Gasteiger partial charge is 0.479 e. The van der Waals surface area contributed by atoms with Gasteiger partial charge in [-0.3, -0.25) is 23.7 Å². The molecule has 8 rings (SSSR count). The van der Waals surface area contributed by atoms with Gasteiger partial charge in [-0.25, -0.2) is 9.48 Å². The number of nitrogens with zero attached hydrogens (tertiary/aromatic N) is 3. The summed E-state index contributed by atoms with van der Waals surface area (Å²) in [4.78, 5) is 58.5. The van der Waals surface area contributed by atoms with Gasteiger partial charge in [-0.15, -0.1) is 11.3 Å². The molecule has 3 amide bonds. The third-order valence-electron chi connectivity index (χ3n) is 11.6. The Morgan fingerprint density at radius 2 is 1.83 bits per heavy atom. The number of esters is 1. The van der Waals surface area contributed by atoms with E-state index in [0.717, 1.165) is 19.3 Å². The molecule has 2 N–H and O–H groups in total. The molecule has 1 saturated carbocycles. The molecular formula is C41H47FN5O9PS. The first-order valence-corrected chi connectivity index (χ1v) is 22.3. The summed E-state index contributed by atoms with van der Waals surface area (Å²) in [5, 5.41) is 9.99. The highest BCUT2D eigenvalue weighted by Gasteiger charge is 2.53. The Morgan fingerprint density at radius 1 is 1.05 bits per heavy atom. The van der Waals surface area contributed by atoms with Crippen molar-refractivity contribution >= 4 is 52.6 Å². The van der Waals surface area contributed by atoms with E-state index in [9.17, 15) is 23.7 Å². The number of carbonyl (C=O) groups excluding carboxylic acids is 4. The number of aromatic nitrogens is 1. The van der Waals surface area contributed by atoms with E-state index in [1.54, 1.807) is 58.3 Å². The van der Waals surface area contributed by atoms with E-state index in [1.165, 1.54) is 37.5 Å². The number of rotatable bonds is 14. The van der Waals surface area contributed by atoms with E-state index in [1.807, 2.05) is 6.92 Å². The fourth-order valence-corrected chi connectivity index (χ4v) is 11.3. The molecule has 308 valence electrons. The zero-order valence-corrected chi connectivity index (χ0v) is 34.2. The van der Waals surface area contributed by atoms with Crippen LogP contribution in [0, 0.1) is 11.8 Å². The molecule has 0 radical (unpaired) electrons. The summed E-state index contributed by atoms with van der Waals surface area (Å²) in [6.45, 7) is 4.36. The van der Waals surface area contributed by atoms with Crippen LogP contribution in [0.1, 0.15) is 85.2 Å². The Balaban J connectivity index is 0.970. The van der Waals surface area contributed by atoms with Gasteiger partial charge in [-0.1, -0.05) is 31.2 Å². The lowest BCUT2D eigenvalue weighted by Gasteiger charge is -2.42. The molecule has 4 fully saturated rings. The molecule has 3 aliphatic heterocycles. The first kappa shape index (κ1) is 40.0. The minimum Gasteiger partial charge on any atom is -0.479 e. The number of fused-ring (bicyclic) bond motifs is 3. The molecule has 3 saturated heterocycles. The van der Waals surface area contributed by atoms with Gasteiger partial charge in [-0.05, 0) is 104 Å². The number of alkyl halides is 1. The quantitative estimate of drug-likeness (QED) is 0.104. The monoisotopic (exact) mass is 835 g/mol. The van der Waals surface area contributed by atoms with Gasteiger partial charge in [0.2, 0.25) is 17.7 Å². The highest BCUT2D eigenvalue weighted by Crippen LogP contribution is 2.58. The maximum atomic E-state index is 16.5. The van der Waals surface area contributed by atoms with Gasteiger partial charge in [0, 0.05) is 29.9 Å². The number of amides is 3. The van der Waals surface area contributed by atoms with Crippen molar-refractivity contribution in [2.45, 2.75) is 88.4 Å². The topological polar surface area (TPSA) is 170 Å². The molecule has 2 unspecified atom stereocenters. The Hall–Kier alpha value is -4.79. The normalized spacial score (nSPS) is 25.0. The molecule has 2 aromatic heterocycles. The second-order valence-corrected chi connectivity index (χ2v) is 18.9. The molecule has 8 atom stereocenters. The zero-order chi connectivity index (χ0) is 40.7. The van der Waals surface area contributed by atoms with Crippen LogP contribution in [0.25, 0.3) is 10.1 Å². The number of carbonyl (C=O) groups is 4. The van der Waals surface area contributed by atoms with E-state index < -0.39 is 43.4 Å². The van der Waals surface area contributed by atoms with Crippen molar-refractivity contribution in [3.8, 4) is 11.6 Å². The van der Waals surface area contributed by atoms with Crippen LogP contribution >= 0.6 is 18.9 Å². The maximum absolute atomic E-state index is 16.5. The molecular weight excluding hydrogens is 789 g/mol. The summed E-state index contributed by atoms with van der Waals surface area (Å²) in [7, 11) is -2.93. The Morgan fingerprint density at radius 3 is 2.57 bits per heavy atom. The second-order valence-electron chi connectivity index (χ2n) is 15.7. The van der Waals surface area contributed by atoms with Crippen molar-refractivity contribution in [1.82, 2.24) is 25.4 Å². The lowest BCUT2D eigenvalue weighted by atomic mass is 9.95. The highest BCUT2D eigenvalue weighted by molar-refractivity contribution is 7.57. The van der Waals surface area contributed by atoms with Crippen LogP contribution in [-0.2, 0) is 23.7 Å². The van der Waals surface area contributed by atoms with Crippen LogP contribution in [0.5, 0.6) is 11.6 Å². The van der Waals surface area contributed by atoms with Gasteiger partial charge in [0.05, 0.1) is 24.5 Å². The summed E-state index contributed by atoms with van der Waals surface area (Å²) in [6, 6.07) is 13.5. The second kappa shape index (κ2) is 16.5. The molecule has 5 heterocycles. The van der Waals surface area contributed by atoms with Crippen LogP contribution in [0.15, 0.2) is 65.2 Å². The highest BCUT2D eigenvalue weighted by atomic mass is 32.1. The fourth-order valence-electron chi connectivity index (χ4n) is 8.42. The van der Waals surface area contributed by atoms with Crippen molar-refractivity contribution in [3.63, 3.8) is 0 Å². The van der Waals surface area contributed by atoms with Gasteiger partial charge in [0.25, 0.3) is 11.8 Å². The third kappa shape index (κ3) is 8.10. The smallest absolute Gasteiger partial charge is 0.355 e. The van der Waals surface area contributed by atoms with Crippen LogP contribution in [0.3, 0.4) is 0 Å². The zero-order valence-electron chi connectivity index (χ0n) is 32.5. The molecule has 0 bridgehead atoms. The average molecular weight is 836 g/mol. The van der Waals surface area contributed by atoms with Crippen molar-refractivity contribution in [3.05, 3.63) is 76.9 Å². The Labute approximate surface area is 339 Å². The summed E-state index contributed by atoms with van der Waals surface area (Å²) >= 11 is 1.19. The van der Waals surface area contributed by atoms with Gasteiger partial charge in [-0.2, -0.15) is 0 Å². The fraction of sp³-hybridized carbons (Fsp3) is 0.488. The summed E-state index contributed by atoms with van der Waals surface area (Å²) in [5.41, 5.74) is 0.0259.